The van der Waals surface area contributed by atoms with Crippen LogP contribution in [0.25, 0.3) is 0 Å². The van der Waals surface area contributed by atoms with Gasteiger partial charge < -0.3 is 10.1 Å². The van der Waals surface area contributed by atoms with E-state index in [2.05, 4.69) is 10.3 Å². The molecule has 168 valence electrons. The minimum absolute atomic E-state index is 0.0605. The van der Waals surface area contributed by atoms with E-state index in [1.165, 1.54) is 28.8 Å². The number of nitrogens with one attached hydrogen (secondary N) is 1. The Morgan fingerprint density at radius 1 is 1.06 bits per heavy atom. The van der Waals surface area contributed by atoms with Crippen molar-refractivity contribution in [3.8, 4) is 5.75 Å². The second-order valence-electron chi connectivity index (χ2n) is 7.31. The van der Waals surface area contributed by atoms with Crippen LogP contribution in [0.2, 0.25) is 0 Å². The van der Waals surface area contributed by atoms with Gasteiger partial charge in [-0.3, -0.25) is 14.6 Å². The van der Waals surface area contributed by atoms with E-state index in [9.17, 15) is 14.0 Å². The van der Waals surface area contributed by atoms with E-state index in [1.54, 1.807) is 43.5 Å². The van der Waals surface area contributed by atoms with Gasteiger partial charge in [0, 0.05) is 12.1 Å². The van der Waals surface area contributed by atoms with E-state index in [4.69, 9.17) is 4.74 Å². The second-order valence-corrected chi connectivity index (χ2v) is 8.51. The first kappa shape index (κ1) is 22.5. The molecule has 33 heavy (non-hydrogen) atoms. The fraction of sp³-hybridized carbons (Fsp3) is 0.160. The summed E-state index contributed by atoms with van der Waals surface area (Å²) >= 11 is 1.20. The molecular formula is C25H22FN3O3S. The molecule has 0 aromatic heterocycles. The summed E-state index contributed by atoms with van der Waals surface area (Å²) < 4.78 is 18.5. The smallest absolute Gasteiger partial charge is 0.247 e. The highest BCUT2D eigenvalue weighted by molar-refractivity contribution is 8.15. The molecule has 0 saturated carbocycles. The lowest BCUT2D eigenvalue weighted by molar-refractivity contribution is -0.121. The molecule has 6 nitrogen and oxygen atoms in total. The third-order valence-corrected chi connectivity index (χ3v) is 6.14. The van der Waals surface area contributed by atoms with Gasteiger partial charge >= 0.3 is 0 Å². The SMILES string of the molecule is COc1ccc(N2C(=O)C[C@@H](SC(=NCc3ccccc3)Nc3ccc(F)cc3)C2=O)cc1. The maximum absolute atomic E-state index is 13.3. The van der Waals surface area contributed by atoms with Gasteiger partial charge in [0.25, 0.3) is 0 Å². The summed E-state index contributed by atoms with van der Waals surface area (Å²) in [5.74, 6) is -0.277. The van der Waals surface area contributed by atoms with Gasteiger partial charge in [-0.2, -0.15) is 0 Å². The minimum atomic E-state index is -0.623. The highest BCUT2D eigenvalue weighted by Gasteiger charge is 2.40. The van der Waals surface area contributed by atoms with Crippen molar-refractivity contribution >= 4 is 40.1 Å². The monoisotopic (exact) mass is 463 g/mol. The number of thioether (sulfide) groups is 1. The number of benzene rings is 3. The predicted octanol–water partition coefficient (Wildman–Crippen LogP) is 4.87. The number of imide groups is 1. The summed E-state index contributed by atoms with van der Waals surface area (Å²) in [6.07, 6.45) is 0.0605. The molecule has 1 N–H and O–H groups in total. The topological polar surface area (TPSA) is 71.0 Å². The van der Waals surface area contributed by atoms with Crippen LogP contribution in [0, 0.1) is 5.82 Å². The Labute approximate surface area is 195 Å². The van der Waals surface area contributed by atoms with Crippen molar-refractivity contribution in [3.05, 3.63) is 90.2 Å². The highest BCUT2D eigenvalue weighted by Crippen LogP contribution is 2.31. The minimum Gasteiger partial charge on any atom is -0.497 e. The Morgan fingerprint density at radius 2 is 1.76 bits per heavy atom. The van der Waals surface area contributed by atoms with Gasteiger partial charge in [0.2, 0.25) is 11.8 Å². The second kappa shape index (κ2) is 10.3. The fourth-order valence-corrected chi connectivity index (χ4v) is 4.36. The molecule has 3 aromatic carbocycles. The van der Waals surface area contributed by atoms with Gasteiger partial charge in [0.15, 0.2) is 5.17 Å². The number of anilines is 2. The van der Waals surface area contributed by atoms with E-state index < -0.39 is 5.25 Å². The number of carbonyl (C=O) groups excluding carboxylic acids is 2. The van der Waals surface area contributed by atoms with Crippen molar-refractivity contribution in [1.29, 1.82) is 0 Å². The number of carbonyl (C=O) groups is 2. The van der Waals surface area contributed by atoms with Crippen LogP contribution >= 0.6 is 11.8 Å². The lowest BCUT2D eigenvalue weighted by Crippen LogP contribution is -2.31. The van der Waals surface area contributed by atoms with Crippen molar-refractivity contribution in [1.82, 2.24) is 0 Å². The van der Waals surface area contributed by atoms with Crippen molar-refractivity contribution in [2.75, 3.05) is 17.3 Å². The van der Waals surface area contributed by atoms with Crippen LogP contribution < -0.4 is 15.0 Å². The van der Waals surface area contributed by atoms with Crippen LogP contribution in [0.15, 0.2) is 83.9 Å². The van der Waals surface area contributed by atoms with Gasteiger partial charge in [-0.15, -0.1) is 0 Å². The van der Waals surface area contributed by atoms with E-state index >= 15 is 0 Å². The van der Waals surface area contributed by atoms with Crippen molar-refractivity contribution in [2.45, 2.75) is 18.2 Å². The maximum atomic E-state index is 13.3. The third kappa shape index (κ3) is 5.59. The molecule has 0 aliphatic carbocycles. The molecular weight excluding hydrogens is 441 g/mol. The fourth-order valence-electron chi connectivity index (χ4n) is 3.34. The Hall–Kier alpha value is -3.65. The van der Waals surface area contributed by atoms with Gasteiger partial charge in [0.05, 0.1) is 19.3 Å². The average molecular weight is 464 g/mol. The van der Waals surface area contributed by atoms with Crippen LogP contribution in [0.3, 0.4) is 0 Å². The number of methoxy groups -OCH3 is 1. The Kier molecular flexibility index (Phi) is 7.04. The molecule has 8 heteroatoms. The number of amides is 2. The van der Waals surface area contributed by atoms with Crippen molar-refractivity contribution in [2.24, 2.45) is 4.99 Å². The summed E-state index contributed by atoms with van der Waals surface area (Å²) in [6, 6.07) is 22.4. The number of rotatable bonds is 6. The van der Waals surface area contributed by atoms with Crippen molar-refractivity contribution < 1.29 is 18.7 Å². The zero-order valence-corrected chi connectivity index (χ0v) is 18.7. The molecule has 1 atom stereocenters. The van der Waals surface area contributed by atoms with Gasteiger partial charge in [-0.05, 0) is 54.1 Å². The molecule has 1 aliphatic heterocycles. The molecule has 1 heterocycles. The van der Waals surface area contributed by atoms with E-state index in [0.717, 1.165) is 5.56 Å². The number of amidine groups is 1. The van der Waals surface area contributed by atoms with Crippen molar-refractivity contribution in [3.63, 3.8) is 0 Å². The molecule has 2 amide bonds. The van der Waals surface area contributed by atoms with E-state index in [1.807, 2.05) is 30.3 Å². The molecule has 4 rings (SSSR count). The van der Waals surface area contributed by atoms with E-state index in [-0.39, 0.29) is 24.1 Å². The number of hydrogen-bond donors (Lipinski definition) is 1. The standard InChI is InChI=1S/C25H22FN3O3S/c1-32-21-13-11-20(12-14-21)29-23(30)15-22(24(29)31)33-25(27-16-17-5-3-2-4-6-17)28-19-9-7-18(26)8-10-19/h2-14,22H,15-16H2,1H3,(H,27,28)/t22-/m1/s1. The molecule has 1 fully saturated rings. The molecule has 0 spiro atoms. The summed E-state index contributed by atoms with van der Waals surface area (Å²) in [4.78, 5) is 31.6. The number of ether oxygens (including phenoxy) is 1. The predicted molar refractivity (Wildman–Crippen MR) is 129 cm³/mol. The van der Waals surface area contributed by atoms with Crippen LogP contribution in [-0.2, 0) is 16.1 Å². The van der Waals surface area contributed by atoms with E-state index in [0.29, 0.717) is 28.8 Å². The highest BCUT2D eigenvalue weighted by atomic mass is 32.2. The zero-order valence-electron chi connectivity index (χ0n) is 17.9. The largest absolute Gasteiger partial charge is 0.497 e. The quantitative estimate of drug-likeness (QED) is 0.321. The van der Waals surface area contributed by atoms with Crippen LogP contribution in [0.1, 0.15) is 12.0 Å². The van der Waals surface area contributed by atoms with Gasteiger partial charge in [0.1, 0.15) is 16.8 Å². The lowest BCUT2D eigenvalue weighted by Gasteiger charge is -2.16. The van der Waals surface area contributed by atoms with Crippen LogP contribution in [0.4, 0.5) is 15.8 Å². The summed E-state index contributed by atoms with van der Waals surface area (Å²) in [5.41, 5.74) is 2.15. The Morgan fingerprint density at radius 3 is 2.42 bits per heavy atom. The number of nitrogens with zero attached hydrogens (tertiary/aromatic N) is 2. The number of hydrogen-bond acceptors (Lipinski definition) is 5. The molecule has 1 aliphatic rings. The molecule has 0 bridgehead atoms. The molecule has 1 saturated heterocycles. The molecule has 0 unspecified atom stereocenters. The first-order chi connectivity index (χ1) is 16.0. The summed E-state index contributed by atoms with van der Waals surface area (Å²) in [7, 11) is 1.55. The summed E-state index contributed by atoms with van der Waals surface area (Å²) in [5, 5.41) is 3.01. The number of halogens is 1. The lowest BCUT2D eigenvalue weighted by atomic mass is 10.2. The van der Waals surface area contributed by atoms with Crippen LogP contribution in [0.5, 0.6) is 5.75 Å². The van der Waals surface area contributed by atoms with Gasteiger partial charge in [-0.1, -0.05) is 42.1 Å². The van der Waals surface area contributed by atoms with Crippen LogP contribution in [-0.4, -0.2) is 29.3 Å². The zero-order chi connectivity index (χ0) is 23.2. The average Bonchev–Trinajstić information content (AvgIpc) is 3.12. The number of aliphatic imine (C=N–C) groups is 1. The normalized spacial score (nSPS) is 16.2. The molecule has 3 aromatic rings. The Bertz CT molecular complexity index is 1150. The molecule has 0 radical (unpaired) electrons. The van der Waals surface area contributed by atoms with Gasteiger partial charge in [-0.25, -0.2) is 9.29 Å². The summed E-state index contributed by atoms with van der Waals surface area (Å²) in [6.45, 7) is 0.397. The third-order valence-electron chi connectivity index (χ3n) is 5.03. The first-order valence-electron chi connectivity index (χ1n) is 10.3. The first-order valence-corrected chi connectivity index (χ1v) is 11.2. The maximum Gasteiger partial charge on any atom is 0.247 e. The Balaban J connectivity index is 1.53.